The lowest BCUT2D eigenvalue weighted by Crippen LogP contribution is -2.61. The molecule has 1 unspecified atom stereocenters. The molecule has 8 heteroatoms. The normalized spacial score (nSPS) is 17.8. The van der Waals surface area contributed by atoms with Crippen molar-refractivity contribution in [3.8, 4) is 0 Å². The van der Waals surface area contributed by atoms with Gasteiger partial charge in [0, 0.05) is 30.7 Å². The first-order valence-electron chi connectivity index (χ1n) is 7.80. The number of aliphatic hydroxyl groups is 2. The number of carbonyl (C=O) groups excluding carboxylic acids is 2. The smallest absolute Gasteiger partial charge is 0.257 e. The van der Waals surface area contributed by atoms with Gasteiger partial charge in [0.2, 0.25) is 5.91 Å². The molecule has 1 aliphatic rings. The molecule has 3 rings (SSSR count). The van der Waals surface area contributed by atoms with Gasteiger partial charge >= 0.3 is 0 Å². The summed E-state index contributed by atoms with van der Waals surface area (Å²) in [7, 11) is 0. The molecular weight excluding hydrogens is 312 g/mol. The number of aromatic amines is 1. The van der Waals surface area contributed by atoms with Crippen LogP contribution < -0.4 is 5.73 Å². The second-order valence-corrected chi connectivity index (χ2v) is 6.08. The molecule has 0 fully saturated rings. The third kappa shape index (κ3) is 2.26. The number of pyridine rings is 1. The Hall–Kier alpha value is -2.45. The molecule has 0 bridgehead atoms. The van der Waals surface area contributed by atoms with Crippen LogP contribution in [0.5, 0.6) is 0 Å². The maximum atomic E-state index is 13.0. The fourth-order valence-electron chi connectivity index (χ4n) is 3.47. The average Bonchev–Trinajstić information content (AvgIpc) is 3.01. The van der Waals surface area contributed by atoms with E-state index in [1.807, 2.05) is 0 Å². The Balaban J connectivity index is 2.10. The molecule has 1 aliphatic heterocycles. The Bertz CT molecular complexity index is 802. The summed E-state index contributed by atoms with van der Waals surface area (Å²) in [5.74, 6) is -1.04. The highest BCUT2D eigenvalue weighted by molar-refractivity contribution is 6.10. The lowest BCUT2D eigenvalue weighted by atomic mass is 9.84. The quantitative estimate of drug-likeness (QED) is 0.586. The maximum absolute atomic E-state index is 13.0. The van der Waals surface area contributed by atoms with Gasteiger partial charge in [-0.1, -0.05) is 6.92 Å². The van der Waals surface area contributed by atoms with Gasteiger partial charge in [-0.15, -0.1) is 0 Å². The minimum atomic E-state index is -1.37. The van der Waals surface area contributed by atoms with Gasteiger partial charge in [-0.3, -0.25) is 9.59 Å². The fraction of sp³-hybridized carbons (Fsp3) is 0.438. The van der Waals surface area contributed by atoms with Gasteiger partial charge < -0.3 is 25.8 Å². The minimum absolute atomic E-state index is 0.116. The summed E-state index contributed by atoms with van der Waals surface area (Å²) in [5.41, 5.74) is 6.15. The molecule has 2 amide bonds. The molecule has 128 valence electrons. The zero-order chi connectivity index (χ0) is 17.5. The summed E-state index contributed by atoms with van der Waals surface area (Å²) < 4.78 is 0. The van der Waals surface area contributed by atoms with Crippen molar-refractivity contribution < 1.29 is 19.8 Å². The summed E-state index contributed by atoms with van der Waals surface area (Å²) in [5, 5.41) is 19.8. The van der Waals surface area contributed by atoms with Crippen molar-refractivity contribution in [3.63, 3.8) is 0 Å². The zero-order valence-electron chi connectivity index (χ0n) is 13.3. The number of primary amides is 1. The van der Waals surface area contributed by atoms with Crippen LogP contribution in [0.15, 0.2) is 18.5 Å². The summed E-state index contributed by atoms with van der Waals surface area (Å²) >= 11 is 0. The van der Waals surface area contributed by atoms with E-state index in [9.17, 15) is 14.7 Å². The molecule has 0 aromatic carbocycles. The van der Waals surface area contributed by atoms with Gasteiger partial charge in [0.1, 0.15) is 11.2 Å². The molecule has 3 heterocycles. The number of hydrogen-bond acceptors (Lipinski definition) is 5. The van der Waals surface area contributed by atoms with E-state index in [4.69, 9.17) is 10.8 Å². The monoisotopic (exact) mass is 332 g/mol. The third-order valence-corrected chi connectivity index (χ3v) is 4.81. The molecule has 2 aromatic rings. The molecule has 0 spiro atoms. The van der Waals surface area contributed by atoms with Crippen molar-refractivity contribution in [2.24, 2.45) is 5.73 Å². The van der Waals surface area contributed by atoms with Crippen LogP contribution in [0.4, 0.5) is 0 Å². The number of nitrogens with two attached hydrogens (primary N) is 1. The fourth-order valence-corrected chi connectivity index (χ4v) is 3.47. The largest absolute Gasteiger partial charge is 0.394 e. The van der Waals surface area contributed by atoms with Crippen LogP contribution in [0.2, 0.25) is 0 Å². The molecule has 2 aromatic heterocycles. The molecule has 24 heavy (non-hydrogen) atoms. The molecule has 0 radical (unpaired) electrons. The van der Waals surface area contributed by atoms with Crippen LogP contribution in [0.3, 0.4) is 0 Å². The van der Waals surface area contributed by atoms with E-state index in [0.717, 1.165) is 10.9 Å². The summed E-state index contributed by atoms with van der Waals surface area (Å²) in [6.45, 7) is 1.42. The zero-order valence-corrected chi connectivity index (χ0v) is 13.3. The molecule has 5 N–H and O–H groups in total. The van der Waals surface area contributed by atoms with Crippen LogP contribution in [0.25, 0.3) is 11.0 Å². The van der Waals surface area contributed by atoms with E-state index in [2.05, 4.69) is 9.97 Å². The van der Waals surface area contributed by atoms with Crippen molar-refractivity contribution >= 4 is 22.8 Å². The van der Waals surface area contributed by atoms with Crippen molar-refractivity contribution in [1.82, 2.24) is 14.9 Å². The number of nitrogens with one attached hydrogen (secondary N) is 1. The van der Waals surface area contributed by atoms with Gasteiger partial charge in [-0.05, 0) is 18.1 Å². The molecule has 0 saturated heterocycles. The topological polar surface area (TPSA) is 133 Å². The van der Waals surface area contributed by atoms with E-state index >= 15 is 0 Å². The number of rotatable bonds is 6. The number of aromatic nitrogens is 2. The predicted molar refractivity (Wildman–Crippen MR) is 85.9 cm³/mol. The van der Waals surface area contributed by atoms with Gasteiger partial charge in [0.25, 0.3) is 5.91 Å². The van der Waals surface area contributed by atoms with Crippen molar-refractivity contribution in [2.45, 2.75) is 38.0 Å². The van der Waals surface area contributed by atoms with Crippen LogP contribution in [0, 0.1) is 0 Å². The van der Waals surface area contributed by atoms with Gasteiger partial charge in [0.05, 0.1) is 18.3 Å². The Morgan fingerprint density at radius 1 is 1.58 bits per heavy atom. The van der Waals surface area contributed by atoms with Crippen molar-refractivity contribution in [2.75, 3.05) is 6.61 Å². The van der Waals surface area contributed by atoms with E-state index in [1.165, 1.54) is 4.90 Å². The minimum Gasteiger partial charge on any atom is -0.394 e. The third-order valence-electron chi connectivity index (χ3n) is 4.81. The second kappa shape index (κ2) is 5.88. The van der Waals surface area contributed by atoms with Crippen molar-refractivity contribution in [3.05, 3.63) is 29.6 Å². The molecule has 2 atom stereocenters. The van der Waals surface area contributed by atoms with E-state index in [-0.39, 0.29) is 25.3 Å². The highest BCUT2D eigenvalue weighted by Crippen LogP contribution is 2.36. The summed E-state index contributed by atoms with van der Waals surface area (Å²) in [6.07, 6.45) is 2.18. The second-order valence-electron chi connectivity index (χ2n) is 6.08. The summed E-state index contributed by atoms with van der Waals surface area (Å²) in [4.78, 5) is 33.8. The molecular formula is C16H20N4O4. The highest BCUT2D eigenvalue weighted by atomic mass is 16.3. The first kappa shape index (κ1) is 16.4. The number of H-pyrrole nitrogens is 1. The molecule has 0 saturated carbocycles. The first-order valence-corrected chi connectivity index (χ1v) is 7.80. The van der Waals surface area contributed by atoms with Crippen LogP contribution in [-0.2, 0) is 11.3 Å². The van der Waals surface area contributed by atoms with Gasteiger partial charge in [0.15, 0.2) is 0 Å². The van der Waals surface area contributed by atoms with Crippen molar-refractivity contribution in [1.29, 1.82) is 0 Å². The van der Waals surface area contributed by atoms with E-state index in [1.54, 1.807) is 25.4 Å². The Morgan fingerprint density at radius 2 is 2.33 bits per heavy atom. The van der Waals surface area contributed by atoms with Crippen LogP contribution in [-0.4, -0.2) is 55.1 Å². The Labute approximate surface area is 138 Å². The van der Waals surface area contributed by atoms with Gasteiger partial charge in [-0.2, -0.15) is 0 Å². The number of aliphatic hydroxyl groups excluding tert-OH is 2. The SMILES string of the molecule is CCC(C[C@H](O)CO)(C(N)=O)N1Cc2ccnc3[nH]cc(c23)C1=O. The molecule has 0 aliphatic carbocycles. The first-order chi connectivity index (χ1) is 11.4. The molecule has 8 nitrogen and oxygen atoms in total. The Morgan fingerprint density at radius 3 is 2.96 bits per heavy atom. The predicted octanol–water partition coefficient (Wildman–Crippen LogP) is -0.104. The lowest BCUT2D eigenvalue weighted by molar-refractivity contribution is -0.132. The van der Waals surface area contributed by atoms with Crippen LogP contribution in [0.1, 0.15) is 35.7 Å². The maximum Gasteiger partial charge on any atom is 0.257 e. The number of amides is 2. The number of hydrogen-bond donors (Lipinski definition) is 4. The average molecular weight is 332 g/mol. The van der Waals surface area contributed by atoms with E-state index < -0.39 is 24.2 Å². The Kier molecular flexibility index (Phi) is 4.02. The van der Waals surface area contributed by atoms with Gasteiger partial charge in [-0.25, -0.2) is 4.98 Å². The summed E-state index contributed by atoms with van der Waals surface area (Å²) in [6, 6.07) is 1.79. The standard InChI is InChI=1S/C16H20N4O4/c1-2-16(15(17)24,5-10(22)8-21)20-7-9-3-4-18-13-12(9)11(6-19-13)14(20)23/h3-4,6,10,21-22H,2,5,7-8H2,1H3,(H2,17,24)(H,18,19)/t10-,16?/m0/s1. The number of nitrogens with zero attached hydrogens (tertiary/aromatic N) is 2. The van der Waals surface area contributed by atoms with E-state index in [0.29, 0.717) is 11.2 Å². The lowest BCUT2D eigenvalue weighted by Gasteiger charge is -2.43. The van der Waals surface area contributed by atoms with Crippen LogP contribution >= 0.6 is 0 Å². The number of carbonyl (C=O) groups is 2. The highest BCUT2D eigenvalue weighted by Gasteiger charge is 2.47.